The second kappa shape index (κ2) is 8.52. The molecule has 0 radical (unpaired) electrons. The van der Waals surface area contributed by atoms with E-state index < -0.39 is 6.29 Å². The van der Waals surface area contributed by atoms with Gasteiger partial charge in [0.1, 0.15) is 11.7 Å². The first kappa shape index (κ1) is 23.0. The molecule has 0 atom stereocenters. The molecule has 0 saturated heterocycles. The minimum atomic E-state index is -0.476. The standard InChI is InChI=1S/C36H28N4/c1-36(2)28-19-11-9-18-27(28)31-29(36)22-21-26-25-17-10-12-20-30(25)40(32(26)31)35-38-33(23-13-5-3-6-14-23)37-34(39-35)24-15-7-4-8-16-24/h3-22,35H,1-2H3,(H,37,38,39). The van der Waals surface area contributed by atoms with Gasteiger partial charge in [0.2, 0.25) is 6.29 Å². The van der Waals surface area contributed by atoms with Crippen LogP contribution in [-0.4, -0.2) is 16.2 Å². The lowest BCUT2D eigenvalue weighted by molar-refractivity contribution is 0.575. The number of aromatic nitrogens is 1. The molecule has 8 rings (SSSR count). The molecule has 1 aromatic heterocycles. The number of nitrogens with zero attached hydrogens (tertiary/aromatic N) is 3. The van der Waals surface area contributed by atoms with Crippen molar-refractivity contribution in [2.45, 2.75) is 25.6 Å². The number of fused-ring (bicyclic) bond motifs is 7. The number of benzene rings is 5. The van der Waals surface area contributed by atoms with Gasteiger partial charge in [-0.2, -0.15) is 0 Å². The van der Waals surface area contributed by atoms with Gasteiger partial charge in [-0.05, 0) is 22.8 Å². The molecular formula is C36H28N4. The molecule has 0 fully saturated rings. The third-order valence-corrected chi connectivity index (χ3v) is 8.47. The molecule has 5 aromatic carbocycles. The number of amidine groups is 2. The van der Waals surface area contributed by atoms with E-state index in [9.17, 15) is 0 Å². The van der Waals surface area contributed by atoms with E-state index in [-0.39, 0.29) is 5.41 Å². The van der Waals surface area contributed by atoms with Gasteiger partial charge in [0.05, 0.1) is 11.0 Å². The van der Waals surface area contributed by atoms with Gasteiger partial charge in [-0.3, -0.25) is 4.57 Å². The summed E-state index contributed by atoms with van der Waals surface area (Å²) in [6.07, 6.45) is -0.476. The molecule has 4 nitrogen and oxygen atoms in total. The lowest BCUT2D eigenvalue weighted by atomic mass is 9.82. The van der Waals surface area contributed by atoms with Crippen LogP contribution < -0.4 is 5.32 Å². The van der Waals surface area contributed by atoms with Crippen molar-refractivity contribution in [1.82, 2.24) is 9.88 Å². The molecule has 6 aromatic rings. The van der Waals surface area contributed by atoms with Crippen molar-refractivity contribution in [3.63, 3.8) is 0 Å². The molecule has 0 unspecified atom stereocenters. The van der Waals surface area contributed by atoms with Crippen LogP contribution in [0.1, 0.15) is 42.4 Å². The summed E-state index contributed by atoms with van der Waals surface area (Å²) in [6.45, 7) is 4.66. The Morgan fingerprint density at radius 1 is 0.600 bits per heavy atom. The van der Waals surface area contributed by atoms with Crippen LogP contribution >= 0.6 is 0 Å². The Hall–Kier alpha value is -4.96. The van der Waals surface area contributed by atoms with Crippen LogP contribution in [-0.2, 0) is 5.41 Å². The summed E-state index contributed by atoms with van der Waals surface area (Å²) in [5, 5.41) is 5.99. The Labute approximate surface area is 233 Å². The zero-order chi connectivity index (χ0) is 26.8. The highest BCUT2D eigenvalue weighted by Crippen LogP contribution is 2.53. The van der Waals surface area contributed by atoms with Gasteiger partial charge < -0.3 is 5.32 Å². The fourth-order valence-corrected chi connectivity index (χ4v) is 6.55. The molecule has 1 aliphatic heterocycles. The second-order valence-corrected chi connectivity index (χ2v) is 11.1. The average Bonchev–Trinajstić information content (AvgIpc) is 3.47. The van der Waals surface area contributed by atoms with Gasteiger partial charge in [-0.15, -0.1) is 0 Å². The second-order valence-electron chi connectivity index (χ2n) is 11.1. The van der Waals surface area contributed by atoms with E-state index in [2.05, 4.69) is 133 Å². The number of hydrogen-bond donors (Lipinski definition) is 1. The highest BCUT2D eigenvalue weighted by molar-refractivity contribution is 6.17. The van der Waals surface area contributed by atoms with Crippen LogP contribution in [0.5, 0.6) is 0 Å². The summed E-state index contributed by atoms with van der Waals surface area (Å²) in [4.78, 5) is 10.5. The SMILES string of the molecule is CC1(C)c2ccccc2-c2c1ccc1c3ccccc3n(C3N=C(c4ccccc4)NC(c4ccccc4)=N3)c21. The molecule has 1 aliphatic carbocycles. The third-order valence-electron chi connectivity index (χ3n) is 8.47. The number of aliphatic imine (C=N–C) groups is 2. The summed E-state index contributed by atoms with van der Waals surface area (Å²) < 4.78 is 2.36. The quantitative estimate of drug-likeness (QED) is 0.254. The molecule has 192 valence electrons. The van der Waals surface area contributed by atoms with E-state index in [1.807, 2.05) is 12.1 Å². The number of hydrogen-bond acceptors (Lipinski definition) is 3. The normalized spacial score (nSPS) is 15.8. The van der Waals surface area contributed by atoms with Gasteiger partial charge >= 0.3 is 0 Å². The molecule has 4 heteroatoms. The van der Waals surface area contributed by atoms with E-state index in [1.54, 1.807) is 0 Å². The highest BCUT2D eigenvalue weighted by atomic mass is 15.3. The van der Waals surface area contributed by atoms with E-state index in [0.717, 1.165) is 28.3 Å². The predicted octanol–water partition coefficient (Wildman–Crippen LogP) is 8.05. The predicted molar refractivity (Wildman–Crippen MR) is 165 cm³/mol. The number of nitrogens with one attached hydrogen (secondary N) is 1. The van der Waals surface area contributed by atoms with Crippen LogP contribution in [0.2, 0.25) is 0 Å². The van der Waals surface area contributed by atoms with Crippen molar-refractivity contribution >= 4 is 33.5 Å². The van der Waals surface area contributed by atoms with Crippen molar-refractivity contribution in [3.8, 4) is 11.1 Å². The highest BCUT2D eigenvalue weighted by Gasteiger charge is 2.38. The Morgan fingerprint density at radius 2 is 1.20 bits per heavy atom. The number of para-hydroxylation sites is 1. The zero-order valence-electron chi connectivity index (χ0n) is 22.5. The summed E-state index contributed by atoms with van der Waals surface area (Å²) in [6, 6.07) is 42.8. The Balaban J connectivity index is 1.47. The summed E-state index contributed by atoms with van der Waals surface area (Å²) in [7, 11) is 0. The minimum absolute atomic E-state index is 0.0908. The maximum Gasteiger partial charge on any atom is 0.225 e. The molecule has 0 spiro atoms. The summed E-state index contributed by atoms with van der Waals surface area (Å²) >= 11 is 0. The van der Waals surface area contributed by atoms with Gasteiger partial charge in [0.25, 0.3) is 0 Å². The van der Waals surface area contributed by atoms with Gasteiger partial charge in [-0.1, -0.05) is 129 Å². The summed E-state index contributed by atoms with van der Waals surface area (Å²) in [5.74, 6) is 1.64. The molecule has 0 amide bonds. The molecule has 0 bridgehead atoms. The van der Waals surface area contributed by atoms with Crippen LogP contribution in [0, 0.1) is 0 Å². The molecule has 2 aliphatic rings. The van der Waals surface area contributed by atoms with E-state index in [4.69, 9.17) is 9.98 Å². The maximum atomic E-state index is 5.27. The zero-order valence-corrected chi connectivity index (χ0v) is 22.5. The number of rotatable bonds is 3. The van der Waals surface area contributed by atoms with Crippen LogP contribution in [0.4, 0.5) is 0 Å². The first-order chi connectivity index (χ1) is 19.6. The average molecular weight is 517 g/mol. The molecule has 2 heterocycles. The van der Waals surface area contributed by atoms with Crippen LogP contribution in [0.3, 0.4) is 0 Å². The fraction of sp³-hybridized carbons (Fsp3) is 0.111. The Kier molecular flexibility index (Phi) is 4.89. The fourth-order valence-electron chi connectivity index (χ4n) is 6.55. The lowest BCUT2D eigenvalue weighted by Gasteiger charge is -2.25. The van der Waals surface area contributed by atoms with Crippen molar-refractivity contribution < 1.29 is 0 Å². The van der Waals surface area contributed by atoms with Crippen molar-refractivity contribution in [2.24, 2.45) is 9.98 Å². The van der Waals surface area contributed by atoms with E-state index in [0.29, 0.717) is 0 Å². The lowest BCUT2D eigenvalue weighted by Crippen LogP contribution is -2.36. The molecular weight excluding hydrogens is 488 g/mol. The molecule has 40 heavy (non-hydrogen) atoms. The Bertz CT molecular complexity index is 1940. The van der Waals surface area contributed by atoms with Crippen LogP contribution in [0.25, 0.3) is 32.9 Å². The Morgan fingerprint density at radius 3 is 1.90 bits per heavy atom. The molecule has 0 saturated carbocycles. The van der Waals surface area contributed by atoms with Crippen molar-refractivity contribution in [1.29, 1.82) is 0 Å². The van der Waals surface area contributed by atoms with E-state index >= 15 is 0 Å². The minimum Gasteiger partial charge on any atom is -0.324 e. The summed E-state index contributed by atoms with van der Waals surface area (Å²) in [5.41, 5.74) is 9.60. The first-order valence-electron chi connectivity index (χ1n) is 13.8. The molecule has 1 N–H and O–H groups in total. The van der Waals surface area contributed by atoms with Crippen LogP contribution in [0.15, 0.2) is 131 Å². The monoisotopic (exact) mass is 516 g/mol. The van der Waals surface area contributed by atoms with E-state index in [1.165, 1.54) is 38.5 Å². The van der Waals surface area contributed by atoms with Gasteiger partial charge in [-0.25, -0.2) is 9.98 Å². The first-order valence-corrected chi connectivity index (χ1v) is 13.8. The van der Waals surface area contributed by atoms with Crippen molar-refractivity contribution in [3.05, 3.63) is 144 Å². The van der Waals surface area contributed by atoms with Gasteiger partial charge in [0, 0.05) is 32.9 Å². The topological polar surface area (TPSA) is 41.7 Å². The third kappa shape index (κ3) is 3.26. The van der Waals surface area contributed by atoms with Crippen molar-refractivity contribution in [2.75, 3.05) is 0 Å². The maximum absolute atomic E-state index is 5.27. The smallest absolute Gasteiger partial charge is 0.225 e. The van der Waals surface area contributed by atoms with Gasteiger partial charge in [0.15, 0.2) is 0 Å². The largest absolute Gasteiger partial charge is 0.324 e.